The summed E-state index contributed by atoms with van der Waals surface area (Å²) < 4.78 is 7.90. The lowest BCUT2D eigenvalue weighted by molar-refractivity contribution is -0.0565. The first-order valence-corrected chi connectivity index (χ1v) is 6.29. The fourth-order valence-electron chi connectivity index (χ4n) is 2.42. The van der Waals surface area contributed by atoms with E-state index in [2.05, 4.69) is 31.2 Å². The molecule has 0 bridgehead atoms. The van der Waals surface area contributed by atoms with E-state index in [1.807, 2.05) is 31.9 Å². The Kier molecular flexibility index (Phi) is 4.71. The molecule has 0 spiro atoms. The summed E-state index contributed by atoms with van der Waals surface area (Å²) >= 11 is 0. The third kappa shape index (κ3) is 2.69. The molecule has 4 nitrogen and oxygen atoms in total. The first kappa shape index (κ1) is 14.2. The molecule has 0 aliphatic rings. The second-order valence-electron chi connectivity index (χ2n) is 4.66. The van der Waals surface area contributed by atoms with Gasteiger partial charge in [0, 0.05) is 13.7 Å². The first-order valence-electron chi connectivity index (χ1n) is 6.29. The zero-order valence-corrected chi connectivity index (χ0v) is 11.9. The predicted octanol–water partition coefficient (Wildman–Crippen LogP) is 2.19. The number of hydrogen-bond donors (Lipinski definition) is 1. The molecule has 0 saturated heterocycles. The van der Waals surface area contributed by atoms with E-state index in [4.69, 9.17) is 4.74 Å². The lowest BCUT2D eigenvalue weighted by atomic mass is 9.89. The molecule has 2 unspecified atom stereocenters. The molecule has 1 aromatic rings. The Morgan fingerprint density at radius 1 is 1.53 bits per heavy atom. The van der Waals surface area contributed by atoms with E-state index < -0.39 is 0 Å². The summed E-state index contributed by atoms with van der Waals surface area (Å²) in [6.45, 7) is 9.17. The predicted molar refractivity (Wildman–Crippen MR) is 70.1 cm³/mol. The van der Waals surface area contributed by atoms with Gasteiger partial charge < -0.3 is 10.1 Å². The average Bonchev–Trinajstić information content (AvgIpc) is 2.62. The van der Waals surface area contributed by atoms with Crippen LogP contribution in [0, 0.1) is 6.92 Å². The summed E-state index contributed by atoms with van der Waals surface area (Å²) in [5.41, 5.74) is 2.19. The van der Waals surface area contributed by atoms with E-state index in [-0.39, 0.29) is 11.6 Å². The van der Waals surface area contributed by atoms with Gasteiger partial charge in [0.05, 0.1) is 23.5 Å². The van der Waals surface area contributed by atoms with Gasteiger partial charge in [0.25, 0.3) is 0 Å². The van der Waals surface area contributed by atoms with Gasteiger partial charge in [0.1, 0.15) is 0 Å². The maximum absolute atomic E-state index is 5.96. The minimum absolute atomic E-state index is 0.153. The molecule has 0 fully saturated rings. The molecule has 17 heavy (non-hydrogen) atoms. The fraction of sp³-hybridized carbons (Fsp3) is 0.769. The lowest BCUT2D eigenvalue weighted by Gasteiger charge is -2.37. The Morgan fingerprint density at radius 3 is 2.53 bits per heavy atom. The number of aryl methyl sites for hydroxylation is 2. The lowest BCUT2D eigenvalue weighted by Crippen LogP contribution is -2.43. The van der Waals surface area contributed by atoms with Gasteiger partial charge in [-0.25, -0.2) is 0 Å². The Morgan fingerprint density at radius 2 is 2.18 bits per heavy atom. The molecule has 1 rings (SSSR count). The van der Waals surface area contributed by atoms with Gasteiger partial charge in [-0.1, -0.05) is 6.92 Å². The van der Waals surface area contributed by atoms with Crippen LogP contribution >= 0.6 is 0 Å². The van der Waals surface area contributed by atoms with Crippen LogP contribution in [0.3, 0.4) is 0 Å². The molecule has 0 aromatic carbocycles. The molecule has 1 aromatic heterocycles. The number of likely N-dealkylation sites (N-methyl/N-ethyl adjacent to an activating group) is 1. The summed E-state index contributed by atoms with van der Waals surface area (Å²) in [4.78, 5) is 0. The van der Waals surface area contributed by atoms with Crippen LogP contribution in [0.1, 0.15) is 44.5 Å². The maximum atomic E-state index is 5.96. The Hall–Kier alpha value is -0.870. The summed E-state index contributed by atoms with van der Waals surface area (Å²) in [6.07, 6.45) is 2.86. The van der Waals surface area contributed by atoms with Crippen molar-refractivity contribution < 1.29 is 4.74 Å². The van der Waals surface area contributed by atoms with Gasteiger partial charge in [0.2, 0.25) is 0 Å². The van der Waals surface area contributed by atoms with E-state index in [1.54, 1.807) is 0 Å². The zero-order valence-electron chi connectivity index (χ0n) is 11.9. The van der Waals surface area contributed by atoms with Crippen molar-refractivity contribution in [2.75, 3.05) is 13.7 Å². The third-order valence-corrected chi connectivity index (χ3v) is 3.53. The van der Waals surface area contributed by atoms with Crippen LogP contribution in [0.4, 0.5) is 0 Å². The normalized spacial score (nSPS) is 16.8. The monoisotopic (exact) mass is 239 g/mol. The largest absolute Gasteiger partial charge is 0.374 e. The van der Waals surface area contributed by atoms with Crippen LogP contribution < -0.4 is 5.32 Å². The van der Waals surface area contributed by atoms with Crippen molar-refractivity contribution >= 4 is 0 Å². The van der Waals surface area contributed by atoms with Crippen molar-refractivity contribution in [2.24, 2.45) is 7.05 Å². The Labute approximate surface area is 104 Å². The quantitative estimate of drug-likeness (QED) is 0.827. The number of ether oxygens (including phenoxy) is 1. The van der Waals surface area contributed by atoms with Crippen LogP contribution in [0.25, 0.3) is 0 Å². The van der Waals surface area contributed by atoms with Gasteiger partial charge >= 0.3 is 0 Å². The smallest absolute Gasteiger partial charge is 0.0860 e. The number of nitrogens with one attached hydrogen (secondary N) is 1. The van der Waals surface area contributed by atoms with Crippen LogP contribution in [-0.2, 0) is 11.8 Å². The molecule has 0 aliphatic heterocycles. The highest BCUT2D eigenvalue weighted by Gasteiger charge is 2.36. The van der Waals surface area contributed by atoms with E-state index in [9.17, 15) is 0 Å². The molecule has 1 N–H and O–H groups in total. The van der Waals surface area contributed by atoms with Gasteiger partial charge in [-0.15, -0.1) is 0 Å². The molecule has 2 atom stereocenters. The first-order chi connectivity index (χ1) is 8.00. The Bertz CT molecular complexity index is 342. The standard InChI is InChI=1S/C13H25N3O/c1-7-13(4,17-8-2)12(14-5)11-10(3)9-15-16(11)6/h9,12,14H,7-8H2,1-6H3. The number of hydrogen-bond acceptors (Lipinski definition) is 3. The number of nitrogens with zero attached hydrogens (tertiary/aromatic N) is 2. The van der Waals surface area contributed by atoms with E-state index in [0.29, 0.717) is 0 Å². The summed E-state index contributed by atoms with van der Waals surface area (Å²) in [7, 11) is 3.96. The van der Waals surface area contributed by atoms with Crippen LogP contribution in [0.2, 0.25) is 0 Å². The highest BCUT2D eigenvalue weighted by atomic mass is 16.5. The molecule has 4 heteroatoms. The molecular weight excluding hydrogens is 214 g/mol. The second-order valence-corrected chi connectivity index (χ2v) is 4.66. The van der Waals surface area contributed by atoms with Gasteiger partial charge in [-0.05, 0) is 39.8 Å². The average molecular weight is 239 g/mol. The molecule has 1 heterocycles. The number of aromatic nitrogens is 2. The fourth-order valence-corrected chi connectivity index (χ4v) is 2.42. The SMILES string of the molecule is CCOC(C)(CC)C(NC)c1c(C)cnn1C. The van der Waals surface area contributed by atoms with Gasteiger partial charge in [-0.2, -0.15) is 5.10 Å². The van der Waals surface area contributed by atoms with Gasteiger partial charge in [0.15, 0.2) is 0 Å². The molecule has 98 valence electrons. The molecule has 0 saturated carbocycles. The summed E-state index contributed by atoms with van der Waals surface area (Å²) in [5.74, 6) is 0. The number of rotatable bonds is 6. The minimum atomic E-state index is -0.206. The topological polar surface area (TPSA) is 39.1 Å². The summed E-state index contributed by atoms with van der Waals surface area (Å²) in [5, 5.41) is 7.69. The van der Waals surface area contributed by atoms with Crippen molar-refractivity contribution in [1.29, 1.82) is 0 Å². The molecular formula is C13H25N3O. The zero-order chi connectivity index (χ0) is 13.1. The van der Waals surface area contributed by atoms with Crippen molar-refractivity contribution in [3.05, 3.63) is 17.5 Å². The van der Waals surface area contributed by atoms with Crippen LogP contribution in [0.5, 0.6) is 0 Å². The van der Waals surface area contributed by atoms with Crippen molar-refractivity contribution in [3.8, 4) is 0 Å². The van der Waals surface area contributed by atoms with E-state index >= 15 is 0 Å². The van der Waals surface area contributed by atoms with Crippen molar-refractivity contribution in [1.82, 2.24) is 15.1 Å². The van der Waals surface area contributed by atoms with E-state index in [0.717, 1.165) is 13.0 Å². The molecule has 0 amide bonds. The van der Waals surface area contributed by atoms with E-state index in [1.165, 1.54) is 11.3 Å². The maximum Gasteiger partial charge on any atom is 0.0860 e. The van der Waals surface area contributed by atoms with Crippen molar-refractivity contribution in [3.63, 3.8) is 0 Å². The third-order valence-electron chi connectivity index (χ3n) is 3.53. The second kappa shape index (κ2) is 5.65. The minimum Gasteiger partial charge on any atom is -0.374 e. The highest BCUT2D eigenvalue weighted by Crippen LogP contribution is 2.33. The van der Waals surface area contributed by atoms with Crippen molar-refractivity contribution in [2.45, 2.75) is 45.8 Å². The van der Waals surface area contributed by atoms with Gasteiger partial charge in [-0.3, -0.25) is 4.68 Å². The summed E-state index contributed by atoms with van der Waals surface area (Å²) in [6, 6.07) is 0.153. The highest BCUT2D eigenvalue weighted by molar-refractivity contribution is 5.22. The molecule has 0 aliphatic carbocycles. The van der Waals surface area contributed by atoms with Crippen LogP contribution in [0.15, 0.2) is 6.20 Å². The molecule has 0 radical (unpaired) electrons. The van der Waals surface area contributed by atoms with Crippen LogP contribution in [-0.4, -0.2) is 29.0 Å². The Balaban J connectivity index is 3.14.